The lowest BCUT2D eigenvalue weighted by Gasteiger charge is -2.13. The normalized spacial score (nSPS) is 12.5. The number of benzene rings is 1. The number of anilines is 1. The van der Waals surface area contributed by atoms with Crippen LogP contribution >= 0.6 is 23.2 Å². The molecule has 1 unspecified atom stereocenters. The minimum atomic E-state index is -0.194. The summed E-state index contributed by atoms with van der Waals surface area (Å²) in [4.78, 5) is 10.6. The van der Waals surface area contributed by atoms with Crippen LogP contribution in [0.25, 0.3) is 11.0 Å². The van der Waals surface area contributed by atoms with Gasteiger partial charge in [0, 0.05) is 14.1 Å². The second kappa shape index (κ2) is 6.10. The molecule has 114 valence electrons. The van der Waals surface area contributed by atoms with E-state index in [2.05, 4.69) is 15.1 Å². The molecular formula is C15H15Cl2N5. The molecule has 5 nitrogen and oxygen atoms in total. The van der Waals surface area contributed by atoms with Gasteiger partial charge in [0.05, 0.1) is 23.5 Å². The van der Waals surface area contributed by atoms with Crippen LogP contribution in [0, 0.1) is 0 Å². The van der Waals surface area contributed by atoms with Gasteiger partial charge in [-0.15, -0.1) is 11.6 Å². The van der Waals surface area contributed by atoms with E-state index in [9.17, 15) is 0 Å². The quantitative estimate of drug-likeness (QED) is 0.540. The van der Waals surface area contributed by atoms with E-state index >= 15 is 0 Å². The van der Waals surface area contributed by atoms with Crippen molar-refractivity contribution >= 4 is 40.2 Å². The van der Waals surface area contributed by atoms with Crippen LogP contribution in [0.3, 0.4) is 0 Å². The standard InChI is InChI=1S/C15H15Cl2N5/c1-21(2)15-19-13(17)11-8-18-22(14(11)20-15)9-12(16)10-6-4-3-5-7-10/h3-8,12H,9H2,1-2H3. The fraction of sp³-hybridized carbons (Fsp3) is 0.267. The van der Waals surface area contributed by atoms with Gasteiger partial charge in [-0.3, -0.25) is 0 Å². The Morgan fingerprint density at radius 3 is 2.59 bits per heavy atom. The van der Waals surface area contributed by atoms with Crippen LogP contribution in [0.5, 0.6) is 0 Å². The zero-order valence-electron chi connectivity index (χ0n) is 12.2. The predicted molar refractivity (Wildman–Crippen MR) is 89.7 cm³/mol. The van der Waals surface area contributed by atoms with Crippen LogP contribution in [-0.2, 0) is 6.54 Å². The first-order chi connectivity index (χ1) is 10.6. The molecule has 0 amide bonds. The third-order valence-electron chi connectivity index (χ3n) is 3.33. The molecule has 2 heterocycles. The first kappa shape index (κ1) is 15.1. The monoisotopic (exact) mass is 335 g/mol. The summed E-state index contributed by atoms with van der Waals surface area (Å²) in [6.45, 7) is 0.509. The van der Waals surface area contributed by atoms with Gasteiger partial charge in [0.2, 0.25) is 5.95 Å². The van der Waals surface area contributed by atoms with Gasteiger partial charge in [-0.1, -0.05) is 41.9 Å². The van der Waals surface area contributed by atoms with E-state index < -0.39 is 0 Å². The highest BCUT2D eigenvalue weighted by molar-refractivity contribution is 6.34. The molecule has 0 bridgehead atoms. The second-order valence-corrected chi connectivity index (χ2v) is 6.04. The van der Waals surface area contributed by atoms with Gasteiger partial charge in [0.1, 0.15) is 5.15 Å². The first-order valence-corrected chi connectivity index (χ1v) is 7.63. The summed E-state index contributed by atoms with van der Waals surface area (Å²) in [7, 11) is 3.74. The topological polar surface area (TPSA) is 46.8 Å². The Bertz CT molecular complexity index is 785. The fourth-order valence-corrected chi connectivity index (χ4v) is 2.65. The van der Waals surface area contributed by atoms with E-state index in [1.165, 1.54) is 0 Å². The Balaban J connectivity index is 1.97. The maximum absolute atomic E-state index is 6.49. The summed E-state index contributed by atoms with van der Waals surface area (Å²) in [6, 6.07) is 9.89. The number of halogens is 2. The Kier molecular flexibility index (Phi) is 4.18. The Hall–Kier alpha value is -1.85. The highest BCUT2D eigenvalue weighted by atomic mass is 35.5. The molecular weight excluding hydrogens is 321 g/mol. The van der Waals surface area contributed by atoms with Crippen molar-refractivity contribution in [3.63, 3.8) is 0 Å². The summed E-state index contributed by atoms with van der Waals surface area (Å²) in [5.74, 6) is 0.546. The SMILES string of the molecule is CN(C)c1nc(Cl)c2cnn(CC(Cl)c3ccccc3)c2n1. The number of hydrogen-bond donors (Lipinski definition) is 0. The summed E-state index contributed by atoms with van der Waals surface area (Å²) in [5.41, 5.74) is 1.73. The van der Waals surface area contributed by atoms with Crippen LogP contribution in [0.1, 0.15) is 10.9 Å². The van der Waals surface area contributed by atoms with Gasteiger partial charge in [0.15, 0.2) is 5.65 Å². The van der Waals surface area contributed by atoms with Crippen LogP contribution in [-0.4, -0.2) is 33.8 Å². The molecule has 1 atom stereocenters. The summed E-state index contributed by atoms with van der Waals surface area (Å²) < 4.78 is 1.76. The van der Waals surface area contributed by atoms with E-state index in [4.69, 9.17) is 23.2 Å². The molecule has 0 fully saturated rings. The van der Waals surface area contributed by atoms with Gasteiger partial charge < -0.3 is 4.90 Å². The number of nitrogens with zero attached hydrogens (tertiary/aromatic N) is 5. The fourth-order valence-electron chi connectivity index (χ4n) is 2.16. The summed E-state index contributed by atoms with van der Waals surface area (Å²) in [5, 5.41) is 5.28. The number of aromatic nitrogens is 4. The predicted octanol–water partition coefficient (Wildman–Crippen LogP) is 3.53. The molecule has 3 aromatic rings. The van der Waals surface area contributed by atoms with Crippen molar-refractivity contribution in [2.45, 2.75) is 11.9 Å². The maximum Gasteiger partial charge on any atom is 0.228 e. The molecule has 7 heteroatoms. The van der Waals surface area contributed by atoms with Crippen molar-refractivity contribution in [1.82, 2.24) is 19.7 Å². The lowest BCUT2D eigenvalue weighted by Crippen LogP contribution is -2.14. The zero-order chi connectivity index (χ0) is 15.7. The van der Waals surface area contributed by atoms with E-state index in [0.29, 0.717) is 23.3 Å². The van der Waals surface area contributed by atoms with Crippen molar-refractivity contribution in [2.75, 3.05) is 19.0 Å². The van der Waals surface area contributed by atoms with Gasteiger partial charge in [0.25, 0.3) is 0 Å². The maximum atomic E-state index is 6.49. The Labute approximate surface area is 138 Å². The van der Waals surface area contributed by atoms with Crippen LogP contribution < -0.4 is 4.90 Å². The molecule has 0 aliphatic heterocycles. The largest absolute Gasteiger partial charge is 0.347 e. The van der Waals surface area contributed by atoms with Gasteiger partial charge in [-0.25, -0.2) is 9.67 Å². The number of alkyl halides is 1. The lowest BCUT2D eigenvalue weighted by atomic mass is 10.1. The van der Waals surface area contributed by atoms with E-state index in [1.807, 2.05) is 44.4 Å². The smallest absolute Gasteiger partial charge is 0.228 e. The lowest BCUT2D eigenvalue weighted by molar-refractivity contribution is 0.615. The molecule has 0 saturated heterocycles. The third-order valence-corrected chi connectivity index (χ3v) is 4.01. The van der Waals surface area contributed by atoms with Gasteiger partial charge in [-0.2, -0.15) is 10.1 Å². The Morgan fingerprint density at radius 1 is 1.18 bits per heavy atom. The van der Waals surface area contributed by atoms with Crippen molar-refractivity contribution in [2.24, 2.45) is 0 Å². The zero-order valence-corrected chi connectivity index (χ0v) is 13.8. The van der Waals surface area contributed by atoms with E-state index in [1.54, 1.807) is 15.8 Å². The van der Waals surface area contributed by atoms with Crippen molar-refractivity contribution < 1.29 is 0 Å². The minimum Gasteiger partial charge on any atom is -0.347 e. The number of fused-ring (bicyclic) bond motifs is 1. The first-order valence-electron chi connectivity index (χ1n) is 6.81. The molecule has 0 aliphatic rings. The number of hydrogen-bond acceptors (Lipinski definition) is 4. The van der Waals surface area contributed by atoms with Crippen LogP contribution in [0.4, 0.5) is 5.95 Å². The summed E-state index contributed by atoms with van der Waals surface area (Å²) >= 11 is 12.7. The second-order valence-electron chi connectivity index (χ2n) is 5.15. The van der Waals surface area contributed by atoms with Crippen LogP contribution in [0.15, 0.2) is 36.5 Å². The van der Waals surface area contributed by atoms with Crippen molar-refractivity contribution in [1.29, 1.82) is 0 Å². The van der Waals surface area contributed by atoms with Crippen molar-refractivity contribution in [3.8, 4) is 0 Å². The van der Waals surface area contributed by atoms with Gasteiger partial charge in [-0.05, 0) is 5.56 Å². The van der Waals surface area contributed by atoms with Crippen molar-refractivity contribution in [3.05, 3.63) is 47.2 Å². The molecule has 0 saturated carbocycles. The molecule has 1 aromatic carbocycles. The highest BCUT2D eigenvalue weighted by Gasteiger charge is 2.16. The molecule has 0 spiro atoms. The summed E-state index contributed by atoms with van der Waals surface area (Å²) in [6.07, 6.45) is 1.67. The Morgan fingerprint density at radius 2 is 1.91 bits per heavy atom. The van der Waals surface area contributed by atoms with Gasteiger partial charge >= 0.3 is 0 Å². The number of rotatable bonds is 4. The third kappa shape index (κ3) is 2.87. The average Bonchev–Trinajstić information content (AvgIpc) is 2.91. The molecule has 2 aromatic heterocycles. The van der Waals surface area contributed by atoms with E-state index in [-0.39, 0.29) is 5.38 Å². The van der Waals surface area contributed by atoms with E-state index in [0.717, 1.165) is 10.9 Å². The molecule has 3 rings (SSSR count). The minimum absolute atomic E-state index is 0.194. The molecule has 0 aliphatic carbocycles. The molecule has 0 N–H and O–H groups in total. The average molecular weight is 336 g/mol. The highest BCUT2D eigenvalue weighted by Crippen LogP contribution is 2.26. The molecule has 0 radical (unpaired) electrons. The molecule has 22 heavy (non-hydrogen) atoms. The van der Waals surface area contributed by atoms with Crippen LogP contribution in [0.2, 0.25) is 5.15 Å².